The van der Waals surface area contributed by atoms with Gasteiger partial charge in [0.2, 0.25) is 10.0 Å². The zero-order chi connectivity index (χ0) is 7.61. The van der Waals surface area contributed by atoms with Crippen LogP contribution < -0.4 is 10.5 Å². The number of nitrogens with one attached hydrogen (secondary N) is 1. The molecule has 0 saturated carbocycles. The molecule has 0 spiro atoms. The minimum atomic E-state index is -3.27. The van der Waals surface area contributed by atoms with E-state index in [-0.39, 0.29) is 11.8 Å². The van der Waals surface area contributed by atoms with Crippen LogP contribution in [-0.2, 0) is 10.0 Å². The SMILES string of the molecule is NS(=O)(=O)CC1CCCN1. The number of nitrogens with two attached hydrogens (primary N) is 1. The smallest absolute Gasteiger partial charge is 0.210 e. The monoisotopic (exact) mass is 164 g/mol. The highest BCUT2D eigenvalue weighted by Crippen LogP contribution is 2.05. The lowest BCUT2D eigenvalue weighted by Crippen LogP contribution is -2.33. The molecule has 1 heterocycles. The fourth-order valence-corrected chi connectivity index (χ4v) is 2.02. The first-order chi connectivity index (χ1) is 4.58. The highest BCUT2D eigenvalue weighted by Gasteiger charge is 2.18. The Morgan fingerprint density at radius 1 is 1.60 bits per heavy atom. The Morgan fingerprint density at radius 3 is 2.70 bits per heavy atom. The second-order valence-electron chi connectivity index (χ2n) is 2.62. The van der Waals surface area contributed by atoms with Crippen LogP contribution in [-0.4, -0.2) is 26.8 Å². The highest BCUT2D eigenvalue weighted by atomic mass is 32.2. The first kappa shape index (κ1) is 7.97. The van der Waals surface area contributed by atoms with Crippen LogP contribution in [0.3, 0.4) is 0 Å². The largest absolute Gasteiger partial charge is 0.313 e. The van der Waals surface area contributed by atoms with Crippen molar-refractivity contribution in [2.75, 3.05) is 12.3 Å². The molecule has 60 valence electrons. The molecule has 0 amide bonds. The van der Waals surface area contributed by atoms with Gasteiger partial charge in [-0.1, -0.05) is 0 Å². The van der Waals surface area contributed by atoms with Crippen LogP contribution in [0.2, 0.25) is 0 Å². The van der Waals surface area contributed by atoms with E-state index >= 15 is 0 Å². The zero-order valence-electron chi connectivity index (χ0n) is 5.71. The topological polar surface area (TPSA) is 72.2 Å². The van der Waals surface area contributed by atoms with Gasteiger partial charge in [0.05, 0.1) is 5.75 Å². The van der Waals surface area contributed by atoms with Crippen LogP contribution >= 0.6 is 0 Å². The summed E-state index contributed by atoms with van der Waals surface area (Å²) in [7, 11) is -3.27. The standard InChI is InChI=1S/C5H12N2O2S/c6-10(8,9)4-5-2-1-3-7-5/h5,7H,1-4H2,(H2,6,8,9). The van der Waals surface area contributed by atoms with Crippen LogP contribution in [0.4, 0.5) is 0 Å². The van der Waals surface area contributed by atoms with Gasteiger partial charge in [-0.05, 0) is 19.4 Å². The molecule has 4 nitrogen and oxygen atoms in total. The summed E-state index contributed by atoms with van der Waals surface area (Å²) >= 11 is 0. The van der Waals surface area contributed by atoms with E-state index in [1.54, 1.807) is 0 Å². The fraction of sp³-hybridized carbons (Fsp3) is 1.00. The fourth-order valence-electron chi connectivity index (χ4n) is 1.18. The predicted molar refractivity (Wildman–Crippen MR) is 39.0 cm³/mol. The van der Waals surface area contributed by atoms with Gasteiger partial charge in [-0.3, -0.25) is 0 Å². The quantitative estimate of drug-likeness (QED) is 0.551. The van der Waals surface area contributed by atoms with E-state index in [2.05, 4.69) is 5.32 Å². The Kier molecular flexibility index (Phi) is 2.28. The molecule has 0 aliphatic carbocycles. The molecule has 1 fully saturated rings. The number of sulfonamides is 1. The summed E-state index contributed by atoms with van der Waals surface area (Å²) in [5.74, 6) is 0.0764. The van der Waals surface area contributed by atoms with Gasteiger partial charge in [0, 0.05) is 6.04 Å². The van der Waals surface area contributed by atoms with E-state index in [0.29, 0.717) is 0 Å². The molecular formula is C5H12N2O2S. The van der Waals surface area contributed by atoms with Crippen molar-refractivity contribution in [2.24, 2.45) is 5.14 Å². The van der Waals surface area contributed by atoms with Crippen LogP contribution in [0.1, 0.15) is 12.8 Å². The Bertz CT molecular complexity index is 194. The molecule has 0 aromatic carbocycles. The summed E-state index contributed by atoms with van der Waals surface area (Å²) in [5, 5.41) is 7.90. The van der Waals surface area contributed by atoms with Gasteiger partial charge < -0.3 is 5.32 Å². The summed E-state index contributed by atoms with van der Waals surface area (Å²) in [6, 6.07) is 0.0926. The minimum Gasteiger partial charge on any atom is -0.313 e. The maximum Gasteiger partial charge on any atom is 0.210 e. The Balaban J connectivity index is 2.38. The van der Waals surface area contributed by atoms with Crippen LogP contribution in [0.25, 0.3) is 0 Å². The summed E-state index contributed by atoms with van der Waals surface area (Å²) in [6.07, 6.45) is 1.98. The number of rotatable bonds is 2. The van der Waals surface area contributed by atoms with E-state index in [1.165, 1.54) is 0 Å². The number of hydrogen-bond donors (Lipinski definition) is 2. The van der Waals surface area contributed by atoms with Gasteiger partial charge in [-0.15, -0.1) is 0 Å². The van der Waals surface area contributed by atoms with Crippen molar-refractivity contribution in [1.82, 2.24) is 5.32 Å². The minimum absolute atomic E-state index is 0.0764. The molecule has 5 heteroatoms. The van der Waals surface area contributed by atoms with E-state index in [0.717, 1.165) is 19.4 Å². The van der Waals surface area contributed by atoms with Gasteiger partial charge >= 0.3 is 0 Å². The van der Waals surface area contributed by atoms with Crippen LogP contribution in [0, 0.1) is 0 Å². The lowest BCUT2D eigenvalue weighted by atomic mass is 10.3. The molecule has 0 radical (unpaired) electrons. The molecule has 0 aromatic heterocycles. The summed E-state index contributed by atoms with van der Waals surface area (Å²) in [5.41, 5.74) is 0. The van der Waals surface area contributed by atoms with E-state index < -0.39 is 10.0 Å². The second-order valence-corrected chi connectivity index (χ2v) is 4.28. The predicted octanol–water partition coefficient (Wildman–Crippen LogP) is -0.973. The molecule has 1 saturated heterocycles. The molecule has 1 aliphatic rings. The summed E-state index contributed by atoms with van der Waals surface area (Å²) in [4.78, 5) is 0. The Hall–Kier alpha value is -0.130. The van der Waals surface area contributed by atoms with Gasteiger partial charge in [0.1, 0.15) is 0 Å². The summed E-state index contributed by atoms with van der Waals surface area (Å²) in [6.45, 7) is 0.917. The van der Waals surface area contributed by atoms with Crippen LogP contribution in [0.15, 0.2) is 0 Å². The molecule has 1 rings (SSSR count). The zero-order valence-corrected chi connectivity index (χ0v) is 6.52. The normalized spacial score (nSPS) is 27.1. The van der Waals surface area contributed by atoms with Crippen molar-refractivity contribution in [3.8, 4) is 0 Å². The molecule has 10 heavy (non-hydrogen) atoms. The van der Waals surface area contributed by atoms with E-state index in [9.17, 15) is 8.42 Å². The van der Waals surface area contributed by atoms with Gasteiger partial charge in [0.25, 0.3) is 0 Å². The van der Waals surface area contributed by atoms with Crippen molar-refractivity contribution in [1.29, 1.82) is 0 Å². The van der Waals surface area contributed by atoms with Crippen molar-refractivity contribution in [3.63, 3.8) is 0 Å². The average molecular weight is 164 g/mol. The Morgan fingerprint density at radius 2 is 2.30 bits per heavy atom. The van der Waals surface area contributed by atoms with Crippen molar-refractivity contribution >= 4 is 10.0 Å². The molecular weight excluding hydrogens is 152 g/mol. The lowest BCUT2D eigenvalue weighted by molar-refractivity contribution is 0.578. The van der Waals surface area contributed by atoms with Gasteiger partial charge in [-0.25, -0.2) is 13.6 Å². The molecule has 1 aliphatic heterocycles. The first-order valence-electron chi connectivity index (χ1n) is 3.32. The summed E-state index contributed by atoms with van der Waals surface area (Å²) < 4.78 is 21.0. The second kappa shape index (κ2) is 2.86. The highest BCUT2D eigenvalue weighted by molar-refractivity contribution is 7.89. The van der Waals surface area contributed by atoms with Crippen molar-refractivity contribution < 1.29 is 8.42 Å². The maximum absolute atomic E-state index is 10.5. The first-order valence-corrected chi connectivity index (χ1v) is 5.03. The number of primary sulfonamides is 1. The molecule has 1 atom stereocenters. The van der Waals surface area contributed by atoms with E-state index in [4.69, 9.17) is 5.14 Å². The van der Waals surface area contributed by atoms with Gasteiger partial charge in [0.15, 0.2) is 0 Å². The third-order valence-corrected chi connectivity index (χ3v) is 2.46. The number of hydrogen-bond acceptors (Lipinski definition) is 3. The lowest BCUT2D eigenvalue weighted by Gasteiger charge is -2.06. The molecule has 1 unspecified atom stereocenters. The Labute approximate surface area is 60.8 Å². The van der Waals surface area contributed by atoms with Gasteiger partial charge in [-0.2, -0.15) is 0 Å². The molecule has 3 N–H and O–H groups in total. The molecule has 0 bridgehead atoms. The van der Waals surface area contributed by atoms with Crippen molar-refractivity contribution in [2.45, 2.75) is 18.9 Å². The van der Waals surface area contributed by atoms with E-state index in [1.807, 2.05) is 0 Å². The average Bonchev–Trinajstić information content (AvgIpc) is 2.12. The third kappa shape index (κ3) is 2.64. The maximum atomic E-state index is 10.5. The third-order valence-electron chi connectivity index (χ3n) is 1.60. The van der Waals surface area contributed by atoms with Crippen molar-refractivity contribution in [3.05, 3.63) is 0 Å². The molecule has 0 aromatic rings. The van der Waals surface area contributed by atoms with Crippen LogP contribution in [0.5, 0.6) is 0 Å².